The first-order valence-corrected chi connectivity index (χ1v) is 3.73. The van der Waals surface area contributed by atoms with Crippen molar-refractivity contribution in [3.8, 4) is 0 Å². The van der Waals surface area contributed by atoms with E-state index < -0.39 is 18.1 Å². The number of hydrogen-bond donors (Lipinski definition) is 3. The zero-order valence-corrected chi connectivity index (χ0v) is 6.87. The van der Waals surface area contributed by atoms with Crippen LogP contribution in [0.3, 0.4) is 0 Å². The highest BCUT2D eigenvalue weighted by Crippen LogP contribution is 1.92. The molecule has 3 N–H and O–H groups in total. The van der Waals surface area contributed by atoms with Gasteiger partial charge in [0.15, 0.2) is 0 Å². The SMILES string of the molecule is CCCN[C@H](C(=O)O)[C@@H](C)O. The number of carboxylic acids is 1. The third-order valence-corrected chi connectivity index (χ3v) is 1.36. The van der Waals surface area contributed by atoms with Gasteiger partial charge in [-0.15, -0.1) is 0 Å². The zero-order chi connectivity index (χ0) is 8.85. The van der Waals surface area contributed by atoms with Gasteiger partial charge in [-0.25, -0.2) is 0 Å². The number of aliphatic hydroxyl groups is 1. The van der Waals surface area contributed by atoms with Crippen molar-refractivity contribution in [3.05, 3.63) is 0 Å². The molecule has 0 aliphatic rings. The smallest absolute Gasteiger partial charge is 0.323 e. The summed E-state index contributed by atoms with van der Waals surface area (Å²) in [6.45, 7) is 4.01. The topological polar surface area (TPSA) is 69.6 Å². The Balaban J connectivity index is 3.80. The summed E-state index contributed by atoms with van der Waals surface area (Å²) >= 11 is 0. The molecule has 2 atom stereocenters. The Kier molecular flexibility index (Phi) is 4.81. The van der Waals surface area contributed by atoms with Gasteiger partial charge in [0.2, 0.25) is 0 Å². The lowest BCUT2D eigenvalue weighted by atomic mass is 10.2. The van der Waals surface area contributed by atoms with Crippen LogP contribution >= 0.6 is 0 Å². The molecule has 4 heteroatoms. The lowest BCUT2D eigenvalue weighted by Crippen LogP contribution is -2.44. The quantitative estimate of drug-likeness (QED) is 0.523. The molecule has 0 aliphatic carbocycles. The highest BCUT2D eigenvalue weighted by atomic mass is 16.4. The van der Waals surface area contributed by atoms with Gasteiger partial charge >= 0.3 is 5.97 Å². The van der Waals surface area contributed by atoms with Gasteiger partial charge in [0.1, 0.15) is 6.04 Å². The minimum atomic E-state index is -1.01. The normalized spacial score (nSPS) is 15.9. The molecule has 0 rings (SSSR count). The maximum Gasteiger partial charge on any atom is 0.323 e. The van der Waals surface area contributed by atoms with E-state index in [1.165, 1.54) is 6.92 Å². The molecule has 0 heterocycles. The molecule has 0 radical (unpaired) electrons. The molecule has 0 unspecified atom stereocenters. The second-order valence-corrected chi connectivity index (χ2v) is 2.51. The number of aliphatic carboxylic acids is 1. The van der Waals surface area contributed by atoms with Crippen LogP contribution in [0.2, 0.25) is 0 Å². The molecule has 0 amide bonds. The van der Waals surface area contributed by atoms with Crippen molar-refractivity contribution in [3.63, 3.8) is 0 Å². The molecule has 0 saturated heterocycles. The van der Waals surface area contributed by atoms with Crippen LogP contribution in [0.15, 0.2) is 0 Å². The molecular formula is C7H15NO3. The number of nitrogens with one attached hydrogen (secondary N) is 1. The highest BCUT2D eigenvalue weighted by Gasteiger charge is 2.21. The largest absolute Gasteiger partial charge is 0.480 e. The fourth-order valence-corrected chi connectivity index (χ4v) is 0.764. The van der Waals surface area contributed by atoms with Crippen molar-refractivity contribution in [1.82, 2.24) is 5.32 Å². The Morgan fingerprint density at radius 3 is 2.45 bits per heavy atom. The minimum Gasteiger partial charge on any atom is -0.480 e. The van der Waals surface area contributed by atoms with E-state index in [0.717, 1.165) is 6.42 Å². The summed E-state index contributed by atoms with van der Waals surface area (Å²) in [5.74, 6) is -1.01. The molecule has 0 aromatic carbocycles. The first kappa shape index (κ1) is 10.4. The Morgan fingerprint density at radius 1 is 1.64 bits per heavy atom. The summed E-state index contributed by atoms with van der Waals surface area (Å²) in [5.41, 5.74) is 0. The average molecular weight is 161 g/mol. The predicted octanol–water partition coefficient (Wildman–Crippen LogP) is -0.180. The van der Waals surface area contributed by atoms with Crippen LogP contribution in [0.5, 0.6) is 0 Å². The molecule has 11 heavy (non-hydrogen) atoms. The number of carbonyl (C=O) groups is 1. The second-order valence-electron chi connectivity index (χ2n) is 2.51. The maximum atomic E-state index is 10.4. The Morgan fingerprint density at radius 2 is 2.18 bits per heavy atom. The summed E-state index contributed by atoms with van der Waals surface area (Å²) in [7, 11) is 0. The van der Waals surface area contributed by atoms with Crippen LogP contribution in [0.4, 0.5) is 0 Å². The van der Waals surface area contributed by atoms with Crippen LogP contribution in [0.25, 0.3) is 0 Å². The fourth-order valence-electron chi connectivity index (χ4n) is 0.764. The summed E-state index contributed by atoms with van der Waals surface area (Å²) < 4.78 is 0. The van der Waals surface area contributed by atoms with Crippen molar-refractivity contribution >= 4 is 5.97 Å². The summed E-state index contributed by atoms with van der Waals surface area (Å²) in [6, 6.07) is -0.838. The van der Waals surface area contributed by atoms with E-state index in [2.05, 4.69) is 5.32 Å². The van der Waals surface area contributed by atoms with Gasteiger partial charge in [-0.3, -0.25) is 4.79 Å². The van der Waals surface area contributed by atoms with E-state index >= 15 is 0 Å². The average Bonchev–Trinajstić information content (AvgIpc) is 1.87. The summed E-state index contributed by atoms with van der Waals surface area (Å²) in [6.07, 6.45) is 0.00954. The van der Waals surface area contributed by atoms with Gasteiger partial charge in [-0.1, -0.05) is 6.92 Å². The molecular weight excluding hydrogens is 146 g/mol. The summed E-state index contributed by atoms with van der Waals surface area (Å²) in [5, 5.41) is 20.2. The van der Waals surface area contributed by atoms with E-state index in [1.807, 2.05) is 6.92 Å². The molecule has 0 bridgehead atoms. The first-order chi connectivity index (χ1) is 5.09. The van der Waals surface area contributed by atoms with Gasteiger partial charge in [0.25, 0.3) is 0 Å². The van der Waals surface area contributed by atoms with Gasteiger partial charge in [0.05, 0.1) is 6.10 Å². The van der Waals surface area contributed by atoms with Gasteiger partial charge in [0, 0.05) is 0 Å². The van der Waals surface area contributed by atoms with Crippen LogP contribution in [0.1, 0.15) is 20.3 Å². The van der Waals surface area contributed by atoms with E-state index in [0.29, 0.717) is 6.54 Å². The van der Waals surface area contributed by atoms with Crippen molar-refractivity contribution in [2.75, 3.05) is 6.54 Å². The van der Waals surface area contributed by atoms with E-state index in [9.17, 15) is 4.79 Å². The lowest BCUT2D eigenvalue weighted by Gasteiger charge is -2.15. The van der Waals surface area contributed by atoms with Gasteiger partial charge < -0.3 is 15.5 Å². The molecule has 0 aliphatic heterocycles. The minimum absolute atomic E-state index is 0.613. The molecule has 0 spiro atoms. The van der Waals surface area contributed by atoms with Crippen molar-refractivity contribution < 1.29 is 15.0 Å². The Labute approximate surface area is 66.2 Å². The predicted molar refractivity (Wildman–Crippen MR) is 41.4 cm³/mol. The van der Waals surface area contributed by atoms with Gasteiger partial charge in [-0.2, -0.15) is 0 Å². The van der Waals surface area contributed by atoms with E-state index in [4.69, 9.17) is 10.2 Å². The van der Waals surface area contributed by atoms with Gasteiger partial charge in [-0.05, 0) is 19.9 Å². The first-order valence-electron chi connectivity index (χ1n) is 3.73. The van der Waals surface area contributed by atoms with E-state index in [1.54, 1.807) is 0 Å². The van der Waals surface area contributed by atoms with Crippen molar-refractivity contribution in [2.45, 2.75) is 32.4 Å². The monoisotopic (exact) mass is 161 g/mol. The van der Waals surface area contributed by atoms with Crippen LogP contribution in [-0.2, 0) is 4.79 Å². The molecule has 4 nitrogen and oxygen atoms in total. The zero-order valence-electron chi connectivity index (χ0n) is 6.87. The lowest BCUT2D eigenvalue weighted by molar-refractivity contribution is -0.142. The number of rotatable bonds is 5. The molecule has 66 valence electrons. The maximum absolute atomic E-state index is 10.4. The fraction of sp³-hybridized carbons (Fsp3) is 0.857. The number of carboxylic acid groups (broad SMARTS) is 1. The molecule has 0 aromatic rings. The Bertz CT molecular complexity index is 125. The molecule has 0 aromatic heterocycles. The van der Waals surface area contributed by atoms with E-state index in [-0.39, 0.29) is 0 Å². The molecule has 0 fully saturated rings. The number of hydrogen-bond acceptors (Lipinski definition) is 3. The standard InChI is InChI=1S/C7H15NO3/c1-3-4-8-6(5(2)9)7(10)11/h5-6,8-9H,3-4H2,1-2H3,(H,10,11)/t5-,6+/m1/s1. The summed E-state index contributed by atoms with van der Waals surface area (Å²) in [4.78, 5) is 10.4. The third kappa shape index (κ3) is 3.95. The second kappa shape index (κ2) is 5.09. The number of aliphatic hydroxyl groups excluding tert-OH is 1. The Hall–Kier alpha value is -0.610. The van der Waals surface area contributed by atoms with Crippen molar-refractivity contribution in [1.29, 1.82) is 0 Å². The van der Waals surface area contributed by atoms with Crippen LogP contribution in [0, 0.1) is 0 Å². The highest BCUT2D eigenvalue weighted by molar-refractivity contribution is 5.74. The molecule has 0 saturated carbocycles. The third-order valence-electron chi connectivity index (χ3n) is 1.36. The van der Waals surface area contributed by atoms with Crippen molar-refractivity contribution in [2.24, 2.45) is 0 Å². The van der Waals surface area contributed by atoms with Crippen LogP contribution < -0.4 is 5.32 Å². The van der Waals surface area contributed by atoms with Crippen LogP contribution in [-0.4, -0.2) is 34.9 Å².